The van der Waals surface area contributed by atoms with Gasteiger partial charge in [0.05, 0.1) is 13.7 Å². The Kier molecular flexibility index (Phi) is 6.38. The van der Waals surface area contributed by atoms with Crippen LogP contribution >= 0.6 is 0 Å². The molecule has 1 aliphatic heterocycles. The minimum absolute atomic E-state index is 0.146. The van der Waals surface area contributed by atoms with Crippen LogP contribution in [0.15, 0.2) is 18.2 Å². The summed E-state index contributed by atoms with van der Waals surface area (Å²) in [6.07, 6.45) is 0.699. The molecule has 1 aliphatic rings. The van der Waals surface area contributed by atoms with E-state index in [4.69, 9.17) is 10.5 Å². The van der Waals surface area contributed by atoms with Crippen molar-refractivity contribution in [3.05, 3.63) is 29.3 Å². The Morgan fingerprint density at radius 1 is 1.43 bits per heavy atom. The number of amides is 1. The lowest BCUT2D eigenvalue weighted by Crippen LogP contribution is -2.54. The van der Waals surface area contributed by atoms with E-state index in [2.05, 4.69) is 21.9 Å². The van der Waals surface area contributed by atoms with Gasteiger partial charge in [-0.2, -0.15) is 0 Å². The monoisotopic (exact) mass is 321 g/mol. The number of nitrogens with two attached hydrogens (primary N) is 1. The van der Waals surface area contributed by atoms with Gasteiger partial charge < -0.3 is 15.6 Å². The number of benzene rings is 1. The van der Waals surface area contributed by atoms with Gasteiger partial charge in [0.15, 0.2) is 0 Å². The van der Waals surface area contributed by atoms with E-state index in [0.717, 1.165) is 37.5 Å². The zero-order valence-corrected chi connectivity index (χ0v) is 14.0. The predicted octanol–water partition coefficient (Wildman–Crippen LogP) is 0.358. The van der Waals surface area contributed by atoms with E-state index in [1.807, 2.05) is 13.0 Å². The normalized spacial score (nSPS) is 19.7. The molecule has 0 radical (unpaired) electrons. The van der Waals surface area contributed by atoms with Gasteiger partial charge in [-0.3, -0.25) is 14.6 Å². The van der Waals surface area contributed by atoms with E-state index in [9.17, 15) is 9.90 Å². The minimum Gasteiger partial charge on any atom is -0.496 e. The fourth-order valence-electron chi connectivity index (χ4n) is 3.23. The largest absolute Gasteiger partial charge is 0.496 e. The van der Waals surface area contributed by atoms with Crippen molar-refractivity contribution in [3.8, 4) is 5.75 Å². The lowest BCUT2D eigenvalue weighted by atomic mass is 10.1. The third kappa shape index (κ3) is 4.92. The molecular weight excluding hydrogens is 294 g/mol. The molecule has 1 saturated heterocycles. The predicted molar refractivity (Wildman–Crippen MR) is 89.3 cm³/mol. The van der Waals surface area contributed by atoms with Crippen molar-refractivity contribution >= 4 is 5.91 Å². The number of rotatable bonds is 7. The molecule has 1 aromatic carbocycles. The Balaban J connectivity index is 2.03. The summed E-state index contributed by atoms with van der Waals surface area (Å²) in [5, 5.41) is 9.33. The lowest BCUT2D eigenvalue weighted by Gasteiger charge is -2.41. The summed E-state index contributed by atoms with van der Waals surface area (Å²) < 4.78 is 5.30. The number of methoxy groups -OCH3 is 1. The van der Waals surface area contributed by atoms with Crippen LogP contribution in [0.25, 0.3) is 0 Å². The molecule has 0 aliphatic carbocycles. The SMILES string of the molecule is COc1ccc(CN2CCN(CC(N)=O)C[C@@H]2CCO)cc1C. The number of aliphatic hydroxyl groups is 1. The number of carbonyl (C=O) groups is 1. The second kappa shape index (κ2) is 8.29. The number of aryl methyl sites for hydroxylation is 1. The van der Waals surface area contributed by atoms with Crippen LogP contribution in [0, 0.1) is 6.92 Å². The summed E-state index contributed by atoms with van der Waals surface area (Å²) in [6.45, 7) is 5.75. The van der Waals surface area contributed by atoms with Gasteiger partial charge in [0, 0.05) is 38.8 Å². The second-order valence-corrected chi connectivity index (χ2v) is 6.14. The number of hydrogen-bond donors (Lipinski definition) is 2. The van der Waals surface area contributed by atoms with E-state index < -0.39 is 0 Å². The van der Waals surface area contributed by atoms with Crippen molar-refractivity contribution in [2.24, 2.45) is 5.73 Å². The highest BCUT2D eigenvalue weighted by molar-refractivity contribution is 5.75. The number of piperazine rings is 1. The highest BCUT2D eigenvalue weighted by atomic mass is 16.5. The van der Waals surface area contributed by atoms with Crippen LogP contribution in [-0.2, 0) is 11.3 Å². The number of ether oxygens (including phenoxy) is 1. The van der Waals surface area contributed by atoms with Crippen molar-refractivity contribution in [2.75, 3.05) is 39.9 Å². The standard InChI is InChI=1S/C17H27N3O3/c1-13-9-14(3-4-16(13)23-2)10-20-7-6-19(12-17(18)22)11-15(20)5-8-21/h3-4,9,15,21H,5-8,10-12H2,1-2H3,(H2,18,22)/t15-/m0/s1. The summed E-state index contributed by atoms with van der Waals surface area (Å²) in [6, 6.07) is 6.45. The molecule has 1 fully saturated rings. The molecule has 0 aromatic heterocycles. The Morgan fingerprint density at radius 2 is 2.22 bits per heavy atom. The zero-order valence-electron chi connectivity index (χ0n) is 14.0. The Hall–Kier alpha value is -1.63. The summed E-state index contributed by atoms with van der Waals surface area (Å²) in [5.41, 5.74) is 7.64. The van der Waals surface area contributed by atoms with Crippen LogP contribution in [0.2, 0.25) is 0 Å². The summed E-state index contributed by atoms with van der Waals surface area (Å²) >= 11 is 0. The summed E-state index contributed by atoms with van der Waals surface area (Å²) in [4.78, 5) is 15.5. The Bertz CT molecular complexity index is 536. The fourth-order valence-corrected chi connectivity index (χ4v) is 3.23. The first-order valence-electron chi connectivity index (χ1n) is 8.02. The summed E-state index contributed by atoms with van der Waals surface area (Å²) in [5.74, 6) is 0.596. The smallest absolute Gasteiger partial charge is 0.231 e. The van der Waals surface area contributed by atoms with Crippen LogP contribution in [0.4, 0.5) is 0 Å². The van der Waals surface area contributed by atoms with Gasteiger partial charge in [-0.05, 0) is 30.5 Å². The van der Waals surface area contributed by atoms with Gasteiger partial charge in [-0.1, -0.05) is 12.1 Å². The van der Waals surface area contributed by atoms with E-state index in [0.29, 0.717) is 6.42 Å². The maximum Gasteiger partial charge on any atom is 0.231 e. The maximum absolute atomic E-state index is 11.1. The molecule has 0 spiro atoms. The van der Waals surface area contributed by atoms with Gasteiger partial charge in [0.25, 0.3) is 0 Å². The zero-order chi connectivity index (χ0) is 16.8. The van der Waals surface area contributed by atoms with E-state index >= 15 is 0 Å². The van der Waals surface area contributed by atoms with Crippen LogP contribution in [-0.4, -0.2) is 66.8 Å². The number of nitrogens with zero attached hydrogens (tertiary/aromatic N) is 2. The van der Waals surface area contributed by atoms with Gasteiger partial charge >= 0.3 is 0 Å². The number of primary amides is 1. The molecule has 6 nitrogen and oxygen atoms in total. The number of carbonyl (C=O) groups excluding carboxylic acids is 1. The Morgan fingerprint density at radius 3 is 2.83 bits per heavy atom. The quantitative estimate of drug-likeness (QED) is 0.758. The second-order valence-electron chi connectivity index (χ2n) is 6.14. The van der Waals surface area contributed by atoms with E-state index in [1.165, 1.54) is 5.56 Å². The topological polar surface area (TPSA) is 79.0 Å². The molecule has 23 heavy (non-hydrogen) atoms. The molecule has 3 N–H and O–H groups in total. The molecule has 0 unspecified atom stereocenters. The van der Waals surface area contributed by atoms with Crippen molar-refractivity contribution in [1.82, 2.24) is 9.80 Å². The minimum atomic E-state index is -0.299. The molecule has 1 atom stereocenters. The summed E-state index contributed by atoms with van der Waals surface area (Å²) in [7, 11) is 1.68. The first-order valence-corrected chi connectivity index (χ1v) is 8.02. The van der Waals surface area contributed by atoms with E-state index in [-0.39, 0.29) is 25.1 Å². The van der Waals surface area contributed by atoms with Gasteiger partial charge in [0.1, 0.15) is 5.75 Å². The molecule has 1 amide bonds. The highest BCUT2D eigenvalue weighted by Gasteiger charge is 2.27. The average molecular weight is 321 g/mol. The van der Waals surface area contributed by atoms with Gasteiger partial charge in [-0.15, -0.1) is 0 Å². The van der Waals surface area contributed by atoms with E-state index in [1.54, 1.807) is 7.11 Å². The maximum atomic E-state index is 11.1. The lowest BCUT2D eigenvalue weighted by molar-refractivity contribution is -0.120. The number of aliphatic hydroxyl groups excluding tert-OH is 1. The fraction of sp³-hybridized carbons (Fsp3) is 0.588. The van der Waals surface area contributed by atoms with Crippen molar-refractivity contribution in [3.63, 3.8) is 0 Å². The van der Waals surface area contributed by atoms with Crippen LogP contribution in [0.5, 0.6) is 5.75 Å². The third-order valence-corrected chi connectivity index (χ3v) is 4.38. The molecular formula is C17H27N3O3. The molecule has 2 rings (SSSR count). The third-order valence-electron chi connectivity index (χ3n) is 4.38. The Labute approximate surface area is 137 Å². The van der Waals surface area contributed by atoms with Crippen LogP contribution in [0.1, 0.15) is 17.5 Å². The van der Waals surface area contributed by atoms with Crippen LogP contribution < -0.4 is 10.5 Å². The van der Waals surface area contributed by atoms with Gasteiger partial charge in [0.2, 0.25) is 5.91 Å². The molecule has 1 heterocycles. The first kappa shape index (κ1) is 17.7. The van der Waals surface area contributed by atoms with Crippen LogP contribution in [0.3, 0.4) is 0 Å². The highest BCUT2D eigenvalue weighted by Crippen LogP contribution is 2.21. The molecule has 6 heteroatoms. The van der Waals surface area contributed by atoms with Gasteiger partial charge in [-0.25, -0.2) is 0 Å². The first-order chi connectivity index (χ1) is 11.0. The van der Waals surface area contributed by atoms with Crippen molar-refractivity contribution < 1.29 is 14.6 Å². The van der Waals surface area contributed by atoms with Crippen molar-refractivity contribution in [2.45, 2.75) is 25.9 Å². The molecule has 0 saturated carbocycles. The molecule has 128 valence electrons. The van der Waals surface area contributed by atoms with Crippen molar-refractivity contribution in [1.29, 1.82) is 0 Å². The number of hydrogen-bond acceptors (Lipinski definition) is 5. The average Bonchev–Trinajstić information content (AvgIpc) is 2.50. The molecule has 1 aromatic rings. The molecule has 0 bridgehead atoms.